The molecule has 0 aromatic carbocycles. The summed E-state index contributed by atoms with van der Waals surface area (Å²) in [6.45, 7) is 6.47. The van der Waals surface area contributed by atoms with Gasteiger partial charge in [-0.15, -0.1) is 0 Å². The molecule has 1 saturated heterocycles. The fourth-order valence-electron chi connectivity index (χ4n) is 3.23. The third-order valence-electron chi connectivity index (χ3n) is 4.45. The van der Waals surface area contributed by atoms with E-state index in [2.05, 4.69) is 15.2 Å². The van der Waals surface area contributed by atoms with E-state index in [1.807, 2.05) is 26.0 Å². The second-order valence-corrected chi connectivity index (χ2v) is 6.51. The van der Waals surface area contributed by atoms with Gasteiger partial charge in [-0.05, 0) is 37.8 Å². The second-order valence-electron chi connectivity index (χ2n) is 6.51. The molecule has 0 atom stereocenters. The van der Waals surface area contributed by atoms with Gasteiger partial charge >= 0.3 is 0 Å². The first kappa shape index (κ1) is 17.7. The number of rotatable bonds is 8. The minimum atomic E-state index is -0.803. The number of anilines is 1. The molecule has 2 heterocycles. The highest BCUT2D eigenvalue weighted by atomic mass is 16.3. The van der Waals surface area contributed by atoms with Crippen molar-refractivity contribution in [2.75, 3.05) is 24.5 Å². The van der Waals surface area contributed by atoms with Crippen molar-refractivity contribution in [3.05, 3.63) is 23.9 Å². The first-order valence-electron chi connectivity index (χ1n) is 8.79. The van der Waals surface area contributed by atoms with Crippen molar-refractivity contribution in [1.29, 1.82) is 0 Å². The van der Waals surface area contributed by atoms with E-state index in [1.54, 1.807) is 6.20 Å². The van der Waals surface area contributed by atoms with Gasteiger partial charge in [-0.25, -0.2) is 4.98 Å². The van der Waals surface area contributed by atoms with Gasteiger partial charge in [0.1, 0.15) is 5.82 Å². The molecule has 1 aromatic rings. The van der Waals surface area contributed by atoms with E-state index >= 15 is 0 Å². The van der Waals surface area contributed by atoms with Crippen molar-refractivity contribution in [2.24, 2.45) is 0 Å². The van der Waals surface area contributed by atoms with Gasteiger partial charge in [-0.1, -0.05) is 26.7 Å². The molecule has 0 bridgehead atoms. The third kappa shape index (κ3) is 4.93. The molecule has 128 valence electrons. The lowest BCUT2D eigenvalue weighted by atomic mass is 9.92. The van der Waals surface area contributed by atoms with Crippen LogP contribution in [0.4, 0.5) is 5.82 Å². The van der Waals surface area contributed by atoms with Crippen molar-refractivity contribution in [2.45, 2.75) is 58.0 Å². The van der Waals surface area contributed by atoms with Crippen LogP contribution in [0.3, 0.4) is 0 Å². The number of carbonyl (C=O) groups excluding carboxylic acids is 1. The van der Waals surface area contributed by atoms with Crippen LogP contribution in [0.15, 0.2) is 18.3 Å². The van der Waals surface area contributed by atoms with Crippen molar-refractivity contribution in [3.8, 4) is 0 Å². The van der Waals surface area contributed by atoms with Gasteiger partial charge in [0.25, 0.3) is 5.91 Å². The number of hydrogen-bond donors (Lipinski definition) is 2. The lowest BCUT2D eigenvalue weighted by Crippen LogP contribution is -2.42. The highest BCUT2D eigenvalue weighted by molar-refractivity contribution is 5.94. The third-order valence-corrected chi connectivity index (χ3v) is 4.45. The van der Waals surface area contributed by atoms with E-state index in [9.17, 15) is 9.90 Å². The van der Waals surface area contributed by atoms with Crippen LogP contribution in [0.1, 0.15) is 62.7 Å². The lowest BCUT2D eigenvalue weighted by molar-refractivity contribution is 0.0213. The SMILES string of the molecule is CCCC(O)(CCC)CNC(=O)c1ccc(N2CCCC2)nc1. The molecule has 0 saturated carbocycles. The Bertz CT molecular complexity index is 489. The monoisotopic (exact) mass is 319 g/mol. The van der Waals surface area contributed by atoms with Crippen molar-refractivity contribution >= 4 is 11.7 Å². The van der Waals surface area contributed by atoms with Gasteiger partial charge in [-0.3, -0.25) is 4.79 Å². The number of amides is 1. The van der Waals surface area contributed by atoms with Gasteiger partial charge in [0.05, 0.1) is 11.2 Å². The molecule has 1 aromatic heterocycles. The summed E-state index contributed by atoms with van der Waals surface area (Å²) >= 11 is 0. The Morgan fingerprint density at radius 3 is 2.43 bits per heavy atom. The molecule has 2 rings (SSSR count). The fourth-order valence-corrected chi connectivity index (χ4v) is 3.23. The summed E-state index contributed by atoms with van der Waals surface area (Å²) in [5.41, 5.74) is -0.259. The van der Waals surface area contributed by atoms with Gasteiger partial charge in [0.15, 0.2) is 0 Å². The average Bonchev–Trinajstić information content (AvgIpc) is 3.08. The quantitative estimate of drug-likeness (QED) is 0.773. The molecule has 1 aliphatic rings. The molecule has 0 spiro atoms. The largest absolute Gasteiger partial charge is 0.388 e. The van der Waals surface area contributed by atoms with E-state index < -0.39 is 5.60 Å². The van der Waals surface area contributed by atoms with Crippen molar-refractivity contribution in [3.63, 3.8) is 0 Å². The smallest absolute Gasteiger partial charge is 0.252 e. The Balaban J connectivity index is 1.92. The van der Waals surface area contributed by atoms with Crippen LogP contribution in [0.2, 0.25) is 0 Å². The molecular formula is C18H29N3O2. The maximum Gasteiger partial charge on any atom is 0.252 e. The molecule has 1 fully saturated rings. The molecule has 5 nitrogen and oxygen atoms in total. The summed E-state index contributed by atoms with van der Waals surface area (Å²) in [7, 11) is 0. The molecule has 0 unspecified atom stereocenters. The molecule has 1 aliphatic heterocycles. The summed E-state index contributed by atoms with van der Waals surface area (Å²) in [4.78, 5) is 18.9. The van der Waals surface area contributed by atoms with E-state index in [4.69, 9.17) is 0 Å². The summed E-state index contributed by atoms with van der Waals surface area (Å²) in [6.07, 6.45) is 7.24. The van der Waals surface area contributed by atoms with Gasteiger partial charge in [-0.2, -0.15) is 0 Å². The molecular weight excluding hydrogens is 290 g/mol. The molecule has 0 radical (unpaired) electrons. The van der Waals surface area contributed by atoms with Gasteiger partial charge < -0.3 is 15.3 Å². The summed E-state index contributed by atoms with van der Waals surface area (Å²) < 4.78 is 0. The van der Waals surface area contributed by atoms with E-state index in [0.29, 0.717) is 24.9 Å². The van der Waals surface area contributed by atoms with Gasteiger partial charge in [0, 0.05) is 25.8 Å². The topological polar surface area (TPSA) is 65.5 Å². The Hall–Kier alpha value is -1.62. The Labute approximate surface area is 139 Å². The predicted molar refractivity (Wildman–Crippen MR) is 92.8 cm³/mol. The van der Waals surface area contributed by atoms with Crippen molar-refractivity contribution < 1.29 is 9.90 Å². The molecule has 5 heteroatoms. The van der Waals surface area contributed by atoms with Crippen LogP contribution in [0.5, 0.6) is 0 Å². The minimum absolute atomic E-state index is 0.170. The second kappa shape index (κ2) is 8.29. The van der Waals surface area contributed by atoms with Gasteiger partial charge in [0.2, 0.25) is 0 Å². The summed E-state index contributed by atoms with van der Waals surface area (Å²) in [5.74, 6) is 0.767. The summed E-state index contributed by atoms with van der Waals surface area (Å²) in [5, 5.41) is 13.4. The zero-order chi connectivity index (χ0) is 16.7. The molecule has 1 amide bonds. The van der Waals surface area contributed by atoms with Crippen LogP contribution in [0, 0.1) is 0 Å². The highest BCUT2D eigenvalue weighted by Crippen LogP contribution is 2.19. The maximum atomic E-state index is 12.3. The first-order valence-corrected chi connectivity index (χ1v) is 8.79. The highest BCUT2D eigenvalue weighted by Gasteiger charge is 2.25. The number of nitrogens with zero attached hydrogens (tertiary/aromatic N) is 2. The molecule has 0 aliphatic carbocycles. The maximum absolute atomic E-state index is 12.3. The standard InChI is InChI=1S/C18H29N3O2/c1-3-9-18(23,10-4-2)14-20-17(22)15-7-8-16(19-13-15)21-11-5-6-12-21/h7-8,13,23H,3-6,9-12,14H2,1-2H3,(H,20,22). The number of carbonyl (C=O) groups is 1. The average molecular weight is 319 g/mol. The normalized spacial score (nSPS) is 15.0. The Kier molecular flexibility index (Phi) is 6.39. The molecule has 23 heavy (non-hydrogen) atoms. The molecule has 2 N–H and O–H groups in total. The van der Waals surface area contributed by atoms with Crippen LogP contribution >= 0.6 is 0 Å². The zero-order valence-electron chi connectivity index (χ0n) is 14.3. The first-order chi connectivity index (χ1) is 11.1. The van der Waals surface area contributed by atoms with Crippen LogP contribution in [0.25, 0.3) is 0 Å². The number of pyridine rings is 1. The number of aliphatic hydroxyl groups is 1. The predicted octanol–water partition coefficient (Wildman–Crippen LogP) is 2.74. The van der Waals surface area contributed by atoms with Crippen LogP contribution in [-0.2, 0) is 0 Å². The van der Waals surface area contributed by atoms with E-state index in [1.165, 1.54) is 12.8 Å². The van der Waals surface area contributed by atoms with E-state index in [0.717, 1.165) is 31.7 Å². The zero-order valence-corrected chi connectivity index (χ0v) is 14.3. The number of nitrogens with one attached hydrogen (secondary N) is 1. The number of aromatic nitrogens is 1. The Morgan fingerprint density at radius 1 is 1.26 bits per heavy atom. The Morgan fingerprint density at radius 2 is 1.91 bits per heavy atom. The van der Waals surface area contributed by atoms with Crippen molar-refractivity contribution in [1.82, 2.24) is 10.3 Å². The van der Waals surface area contributed by atoms with E-state index in [-0.39, 0.29) is 5.91 Å². The summed E-state index contributed by atoms with van der Waals surface area (Å²) in [6, 6.07) is 3.72. The lowest BCUT2D eigenvalue weighted by Gasteiger charge is -2.27. The number of hydrogen-bond acceptors (Lipinski definition) is 4. The minimum Gasteiger partial charge on any atom is -0.388 e. The van der Waals surface area contributed by atoms with Crippen LogP contribution in [-0.4, -0.2) is 41.2 Å². The fraction of sp³-hybridized carbons (Fsp3) is 0.667. The van der Waals surface area contributed by atoms with Crippen LogP contribution < -0.4 is 10.2 Å².